The fourth-order valence-corrected chi connectivity index (χ4v) is 3.34. The van der Waals surface area contributed by atoms with Gasteiger partial charge in [-0.3, -0.25) is 0 Å². The summed E-state index contributed by atoms with van der Waals surface area (Å²) in [5.74, 6) is -0.300. The first-order valence-corrected chi connectivity index (χ1v) is 7.31. The van der Waals surface area contributed by atoms with Gasteiger partial charge in [-0.15, -0.1) is 0 Å². The van der Waals surface area contributed by atoms with Gasteiger partial charge < -0.3 is 10.1 Å². The van der Waals surface area contributed by atoms with Gasteiger partial charge in [-0.05, 0) is 45.9 Å². The summed E-state index contributed by atoms with van der Waals surface area (Å²) in [7, 11) is 0. The second kappa shape index (κ2) is 5.38. The van der Waals surface area contributed by atoms with Crippen LogP contribution < -0.4 is 5.32 Å². The molecule has 1 heterocycles. The fraction of sp³-hybridized carbons (Fsp3) is 0.562. The lowest BCUT2D eigenvalue weighted by Gasteiger charge is -2.45. The fourth-order valence-electron chi connectivity index (χ4n) is 3.15. The van der Waals surface area contributed by atoms with Gasteiger partial charge in [0.1, 0.15) is 6.10 Å². The lowest BCUT2D eigenvalue weighted by molar-refractivity contribution is -0.00637. The summed E-state index contributed by atoms with van der Waals surface area (Å²) in [4.78, 5) is 12.2. The maximum atomic E-state index is 12.2. The third-order valence-electron chi connectivity index (χ3n) is 3.49. The Hall–Kier alpha value is -1.06. The Balaban J connectivity index is 2.08. The molecule has 0 aromatic heterocycles. The molecule has 0 radical (unpaired) electrons. The van der Waals surface area contributed by atoms with Crippen molar-refractivity contribution in [1.82, 2.24) is 5.32 Å². The highest BCUT2D eigenvalue weighted by molar-refractivity contribution is 6.30. The smallest absolute Gasteiger partial charge is 0.338 e. The van der Waals surface area contributed by atoms with Crippen molar-refractivity contribution < 1.29 is 9.53 Å². The van der Waals surface area contributed by atoms with Crippen LogP contribution in [0.15, 0.2) is 24.3 Å². The molecule has 1 aromatic rings. The maximum absolute atomic E-state index is 12.2. The summed E-state index contributed by atoms with van der Waals surface area (Å²) in [6.45, 7) is 8.53. The number of rotatable bonds is 2. The molecule has 20 heavy (non-hydrogen) atoms. The van der Waals surface area contributed by atoms with Gasteiger partial charge in [-0.25, -0.2) is 4.79 Å². The van der Waals surface area contributed by atoms with Crippen molar-refractivity contribution in [2.24, 2.45) is 0 Å². The van der Waals surface area contributed by atoms with E-state index >= 15 is 0 Å². The van der Waals surface area contributed by atoms with Gasteiger partial charge in [0.15, 0.2) is 0 Å². The summed E-state index contributed by atoms with van der Waals surface area (Å²) in [5, 5.41) is 4.12. The van der Waals surface area contributed by atoms with Crippen LogP contribution in [0.2, 0.25) is 5.02 Å². The number of hydrogen-bond acceptors (Lipinski definition) is 3. The monoisotopic (exact) mass is 295 g/mol. The van der Waals surface area contributed by atoms with Gasteiger partial charge in [0.25, 0.3) is 0 Å². The van der Waals surface area contributed by atoms with Gasteiger partial charge in [-0.2, -0.15) is 0 Å². The number of nitrogens with one attached hydrogen (secondary N) is 1. The first kappa shape index (κ1) is 15.3. The number of halogens is 1. The van der Waals surface area contributed by atoms with Crippen LogP contribution in [0.3, 0.4) is 0 Å². The predicted octanol–water partition coefficient (Wildman–Crippen LogP) is 3.81. The van der Waals surface area contributed by atoms with Gasteiger partial charge in [0.05, 0.1) is 5.56 Å². The number of ether oxygens (including phenoxy) is 1. The average Bonchev–Trinajstić information content (AvgIpc) is 2.24. The third-order valence-corrected chi connectivity index (χ3v) is 3.72. The Labute approximate surface area is 125 Å². The summed E-state index contributed by atoms with van der Waals surface area (Å²) in [5.41, 5.74) is 0.425. The van der Waals surface area contributed by atoms with E-state index in [1.54, 1.807) is 24.3 Å². The third kappa shape index (κ3) is 3.97. The number of hydrogen-bond donors (Lipinski definition) is 1. The van der Waals surface area contributed by atoms with Crippen molar-refractivity contribution in [3.63, 3.8) is 0 Å². The van der Waals surface area contributed by atoms with E-state index < -0.39 is 0 Å². The Kier molecular flexibility index (Phi) is 4.12. The van der Waals surface area contributed by atoms with Crippen molar-refractivity contribution in [2.45, 2.75) is 57.7 Å². The summed E-state index contributed by atoms with van der Waals surface area (Å²) >= 11 is 5.90. The Morgan fingerprint density at radius 2 is 1.85 bits per heavy atom. The normalized spacial score (nSPS) is 21.4. The second-order valence-corrected chi connectivity index (χ2v) is 7.28. The SMILES string of the molecule is CC1(C)CC(OC(=O)c2cccc(Cl)c2)CC(C)(C)N1. The number of piperidine rings is 1. The van der Waals surface area contributed by atoms with Gasteiger partial charge in [0.2, 0.25) is 0 Å². The lowest BCUT2D eigenvalue weighted by Crippen LogP contribution is -2.59. The lowest BCUT2D eigenvalue weighted by atomic mass is 9.81. The van der Waals surface area contributed by atoms with E-state index in [0.29, 0.717) is 10.6 Å². The van der Waals surface area contributed by atoms with Crippen LogP contribution in [0.4, 0.5) is 0 Å². The molecule has 1 fully saturated rings. The molecule has 0 saturated carbocycles. The number of carbonyl (C=O) groups is 1. The minimum atomic E-state index is -0.300. The molecule has 1 saturated heterocycles. The van der Waals surface area contributed by atoms with Crippen molar-refractivity contribution in [1.29, 1.82) is 0 Å². The molecule has 0 unspecified atom stereocenters. The molecular formula is C16H22ClNO2. The zero-order valence-electron chi connectivity index (χ0n) is 12.5. The molecular weight excluding hydrogens is 274 g/mol. The minimum absolute atomic E-state index is 0.0406. The van der Waals surface area contributed by atoms with Crippen LogP contribution in [-0.4, -0.2) is 23.2 Å². The van der Waals surface area contributed by atoms with Crippen LogP contribution in [0.25, 0.3) is 0 Å². The zero-order valence-corrected chi connectivity index (χ0v) is 13.3. The van der Waals surface area contributed by atoms with Gasteiger partial charge >= 0.3 is 5.97 Å². The summed E-state index contributed by atoms with van der Waals surface area (Å²) < 4.78 is 5.67. The van der Waals surface area contributed by atoms with Crippen molar-refractivity contribution >= 4 is 17.6 Å². The molecule has 0 amide bonds. The van der Waals surface area contributed by atoms with Crippen molar-refractivity contribution in [3.05, 3.63) is 34.9 Å². The quantitative estimate of drug-likeness (QED) is 0.843. The van der Waals surface area contributed by atoms with Crippen molar-refractivity contribution in [2.75, 3.05) is 0 Å². The van der Waals surface area contributed by atoms with E-state index in [0.717, 1.165) is 12.8 Å². The Morgan fingerprint density at radius 1 is 1.25 bits per heavy atom. The van der Waals surface area contributed by atoms with E-state index in [2.05, 4.69) is 33.0 Å². The molecule has 1 aliphatic rings. The number of carbonyl (C=O) groups excluding carboxylic acids is 1. The maximum Gasteiger partial charge on any atom is 0.338 e. The topological polar surface area (TPSA) is 38.3 Å². The van der Waals surface area contributed by atoms with Crippen LogP contribution in [0.1, 0.15) is 50.9 Å². The van der Waals surface area contributed by atoms with Crippen LogP contribution in [0.5, 0.6) is 0 Å². The Morgan fingerprint density at radius 3 is 2.40 bits per heavy atom. The van der Waals surface area contributed by atoms with Crippen LogP contribution in [0, 0.1) is 0 Å². The van der Waals surface area contributed by atoms with E-state index in [1.165, 1.54) is 0 Å². The highest BCUT2D eigenvalue weighted by Gasteiger charge is 2.39. The molecule has 1 N–H and O–H groups in total. The second-order valence-electron chi connectivity index (χ2n) is 6.84. The number of esters is 1. The standard InChI is InChI=1S/C16H22ClNO2/c1-15(2)9-13(10-16(3,4)18-15)20-14(19)11-6-5-7-12(17)8-11/h5-8,13,18H,9-10H2,1-4H3. The van der Waals surface area contributed by atoms with E-state index in [-0.39, 0.29) is 23.2 Å². The first-order chi connectivity index (χ1) is 9.17. The first-order valence-electron chi connectivity index (χ1n) is 6.93. The van der Waals surface area contributed by atoms with Gasteiger partial charge in [0, 0.05) is 28.9 Å². The molecule has 0 spiro atoms. The van der Waals surface area contributed by atoms with E-state index in [1.807, 2.05) is 0 Å². The van der Waals surface area contributed by atoms with Gasteiger partial charge in [-0.1, -0.05) is 17.7 Å². The van der Waals surface area contributed by atoms with Crippen molar-refractivity contribution in [3.8, 4) is 0 Å². The molecule has 4 heteroatoms. The average molecular weight is 296 g/mol. The summed E-state index contributed by atoms with van der Waals surface area (Å²) in [6.07, 6.45) is 1.54. The molecule has 2 rings (SSSR count). The van der Waals surface area contributed by atoms with Crippen LogP contribution >= 0.6 is 11.6 Å². The zero-order chi connectivity index (χ0) is 15.0. The highest BCUT2D eigenvalue weighted by atomic mass is 35.5. The molecule has 0 atom stereocenters. The molecule has 1 aromatic carbocycles. The molecule has 0 aliphatic carbocycles. The molecule has 3 nitrogen and oxygen atoms in total. The Bertz CT molecular complexity index is 495. The van der Waals surface area contributed by atoms with E-state index in [4.69, 9.17) is 16.3 Å². The van der Waals surface area contributed by atoms with E-state index in [9.17, 15) is 4.79 Å². The van der Waals surface area contributed by atoms with Crippen LogP contribution in [-0.2, 0) is 4.74 Å². The number of benzene rings is 1. The predicted molar refractivity (Wildman–Crippen MR) is 81.2 cm³/mol. The largest absolute Gasteiger partial charge is 0.459 e. The molecule has 110 valence electrons. The minimum Gasteiger partial charge on any atom is -0.459 e. The molecule has 1 aliphatic heterocycles. The molecule has 0 bridgehead atoms. The highest BCUT2D eigenvalue weighted by Crippen LogP contribution is 2.30. The summed E-state index contributed by atoms with van der Waals surface area (Å²) in [6, 6.07) is 6.87.